The standard InChI is InChI=1S/C9H9BrClF2NO2/c10-7-8(13)6(12)1-5(11)9(7)14-2-4(16)3-15/h1,4,14-16H,2-3H2. The summed E-state index contributed by atoms with van der Waals surface area (Å²) in [4.78, 5) is 0. The molecule has 0 aliphatic rings. The Morgan fingerprint density at radius 1 is 1.50 bits per heavy atom. The number of anilines is 1. The molecule has 0 saturated carbocycles. The van der Waals surface area contributed by atoms with Gasteiger partial charge in [0.2, 0.25) is 0 Å². The van der Waals surface area contributed by atoms with E-state index in [0.29, 0.717) is 0 Å². The number of aliphatic hydroxyl groups is 2. The average Bonchev–Trinajstić information content (AvgIpc) is 2.25. The second-order valence-electron chi connectivity index (χ2n) is 3.06. The molecule has 1 atom stereocenters. The van der Waals surface area contributed by atoms with E-state index in [1.54, 1.807) is 0 Å². The lowest BCUT2D eigenvalue weighted by molar-refractivity contribution is 0.105. The van der Waals surface area contributed by atoms with Gasteiger partial charge in [0.25, 0.3) is 0 Å². The van der Waals surface area contributed by atoms with E-state index in [4.69, 9.17) is 21.8 Å². The highest BCUT2D eigenvalue weighted by Gasteiger charge is 2.16. The molecule has 0 aromatic heterocycles. The highest BCUT2D eigenvalue weighted by atomic mass is 79.9. The fraction of sp³-hybridized carbons (Fsp3) is 0.333. The van der Waals surface area contributed by atoms with Crippen molar-refractivity contribution in [1.82, 2.24) is 0 Å². The van der Waals surface area contributed by atoms with Crippen LogP contribution in [0.25, 0.3) is 0 Å². The second-order valence-corrected chi connectivity index (χ2v) is 4.26. The molecule has 1 aromatic carbocycles. The third-order valence-electron chi connectivity index (χ3n) is 1.84. The molecule has 16 heavy (non-hydrogen) atoms. The zero-order valence-corrected chi connectivity index (χ0v) is 10.3. The van der Waals surface area contributed by atoms with Gasteiger partial charge in [0.05, 0.1) is 27.9 Å². The number of aliphatic hydroxyl groups excluding tert-OH is 2. The molecule has 0 heterocycles. The first-order chi connectivity index (χ1) is 7.47. The van der Waals surface area contributed by atoms with Crippen LogP contribution >= 0.6 is 27.5 Å². The lowest BCUT2D eigenvalue weighted by atomic mass is 10.2. The highest BCUT2D eigenvalue weighted by molar-refractivity contribution is 9.10. The zero-order chi connectivity index (χ0) is 12.3. The number of halogens is 4. The largest absolute Gasteiger partial charge is 0.394 e. The summed E-state index contributed by atoms with van der Waals surface area (Å²) in [5, 5.41) is 20.3. The van der Waals surface area contributed by atoms with Gasteiger partial charge in [0.1, 0.15) is 0 Å². The minimum Gasteiger partial charge on any atom is -0.394 e. The quantitative estimate of drug-likeness (QED) is 0.589. The molecule has 0 spiro atoms. The molecule has 7 heteroatoms. The van der Waals surface area contributed by atoms with Gasteiger partial charge in [0, 0.05) is 6.54 Å². The van der Waals surface area contributed by atoms with E-state index < -0.39 is 24.3 Å². The normalized spacial score (nSPS) is 12.6. The van der Waals surface area contributed by atoms with Gasteiger partial charge in [-0.1, -0.05) is 11.6 Å². The predicted octanol–water partition coefficient (Wildman–Crippen LogP) is 2.15. The van der Waals surface area contributed by atoms with Crippen LogP contribution in [0.2, 0.25) is 5.02 Å². The Labute approximate surface area is 104 Å². The summed E-state index contributed by atoms with van der Waals surface area (Å²) in [5.74, 6) is -2.13. The maximum atomic E-state index is 13.1. The predicted molar refractivity (Wildman–Crippen MR) is 60.7 cm³/mol. The van der Waals surface area contributed by atoms with Gasteiger partial charge < -0.3 is 15.5 Å². The summed E-state index contributed by atoms with van der Waals surface area (Å²) in [6.45, 7) is -0.466. The molecule has 0 amide bonds. The molecule has 0 fully saturated rings. The van der Waals surface area contributed by atoms with Crippen molar-refractivity contribution < 1.29 is 19.0 Å². The Bertz CT molecular complexity index is 392. The fourth-order valence-corrected chi connectivity index (χ4v) is 1.93. The molecule has 0 radical (unpaired) electrons. The fourth-order valence-electron chi connectivity index (χ4n) is 1.01. The first-order valence-electron chi connectivity index (χ1n) is 4.33. The molecule has 1 aromatic rings. The van der Waals surface area contributed by atoms with E-state index in [1.807, 2.05) is 0 Å². The Morgan fingerprint density at radius 3 is 2.69 bits per heavy atom. The minimum atomic E-state index is -1.06. The number of rotatable bonds is 4. The molecular formula is C9H9BrClF2NO2. The summed E-state index contributed by atoms with van der Waals surface area (Å²) in [7, 11) is 0. The first-order valence-corrected chi connectivity index (χ1v) is 5.50. The van der Waals surface area contributed by atoms with E-state index >= 15 is 0 Å². The monoisotopic (exact) mass is 315 g/mol. The van der Waals surface area contributed by atoms with Crippen molar-refractivity contribution in [2.45, 2.75) is 6.10 Å². The van der Waals surface area contributed by atoms with Gasteiger partial charge in [-0.05, 0) is 22.0 Å². The van der Waals surface area contributed by atoms with E-state index in [0.717, 1.165) is 6.07 Å². The van der Waals surface area contributed by atoms with Gasteiger partial charge in [-0.15, -0.1) is 0 Å². The molecule has 1 rings (SSSR count). The Kier molecular flexibility index (Phi) is 4.91. The molecular weight excluding hydrogens is 307 g/mol. The minimum absolute atomic E-state index is 0.0177. The molecule has 90 valence electrons. The van der Waals surface area contributed by atoms with Gasteiger partial charge in [0.15, 0.2) is 11.6 Å². The molecule has 0 aliphatic heterocycles. The molecule has 0 bridgehead atoms. The Balaban J connectivity index is 2.92. The number of nitrogens with one attached hydrogen (secondary N) is 1. The zero-order valence-electron chi connectivity index (χ0n) is 7.98. The first kappa shape index (κ1) is 13.6. The van der Waals surface area contributed by atoms with Crippen LogP contribution in [-0.4, -0.2) is 29.5 Å². The maximum absolute atomic E-state index is 13.1. The van der Waals surface area contributed by atoms with Gasteiger partial charge in [-0.25, -0.2) is 8.78 Å². The van der Waals surface area contributed by atoms with Crippen LogP contribution in [0.4, 0.5) is 14.5 Å². The van der Waals surface area contributed by atoms with Crippen LogP contribution in [0.3, 0.4) is 0 Å². The third kappa shape index (κ3) is 3.04. The Hall–Kier alpha value is -0.430. The second kappa shape index (κ2) is 5.77. The SMILES string of the molecule is OCC(O)CNc1c(Cl)cc(F)c(F)c1Br. The van der Waals surface area contributed by atoms with Crippen LogP contribution in [0.5, 0.6) is 0 Å². The lowest BCUT2D eigenvalue weighted by Crippen LogP contribution is -2.23. The van der Waals surface area contributed by atoms with Crippen LogP contribution in [-0.2, 0) is 0 Å². The lowest BCUT2D eigenvalue weighted by Gasteiger charge is -2.13. The Morgan fingerprint density at radius 2 is 2.12 bits per heavy atom. The summed E-state index contributed by atoms with van der Waals surface area (Å²) < 4.78 is 25.9. The summed E-state index contributed by atoms with van der Waals surface area (Å²) in [6.07, 6.45) is -1.00. The summed E-state index contributed by atoms with van der Waals surface area (Å²) in [5.41, 5.74) is 0.132. The third-order valence-corrected chi connectivity index (χ3v) is 2.88. The molecule has 3 nitrogen and oxygen atoms in total. The van der Waals surface area contributed by atoms with E-state index in [9.17, 15) is 8.78 Å². The van der Waals surface area contributed by atoms with Crippen molar-refractivity contribution in [1.29, 1.82) is 0 Å². The number of hydrogen-bond donors (Lipinski definition) is 3. The van der Waals surface area contributed by atoms with Crippen LogP contribution in [0.1, 0.15) is 0 Å². The van der Waals surface area contributed by atoms with Crippen LogP contribution in [0, 0.1) is 11.6 Å². The van der Waals surface area contributed by atoms with Crippen molar-refractivity contribution in [2.75, 3.05) is 18.5 Å². The van der Waals surface area contributed by atoms with Crippen molar-refractivity contribution in [3.8, 4) is 0 Å². The van der Waals surface area contributed by atoms with Crippen molar-refractivity contribution >= 4 is 33.2 Å². The van der Waals surface area contributed by atoms with Crippen molar-refractivity contribution in [3.63, 3.8) is 0 Å². The molecule has 0 aliphatic carbocycles. The smallest absolute Gasteiger partial charge is 0.175 e. The molecule has 3 N–H and O–H groups in total. The van der Waals surface area contributed by atoms with Gasteiger partial charge in [-0.3, -0.25) is 0 Å². The number of hydrogen-bond acceptors (Lipinski definition) is 3. The number of benzene rings is 1. The molecule has 0 saturated heterocycles. The van der Waals surface area contributed by atoms with Gasteiger partial charge in [-0.2, -0.15) is 0 Å². The van der Waals surface area contributed by atoms with Gasteiger partial charge >= 0.3 is 0 Å². The van der Waals surface area contributed by atoms with Crippen molar-refractivity contribution in [2.24, 2.45) is 0 Å². The topological polar surface area (TPSA) is 52.5 Å². The van der Waals surface area contributed by atoms with Crippen LogP contribution < -0.4 is 5.32 Å². The summed E-state index contributed by atoms with van der Waals surface area (Å²) in [6, 6.07) is 0.829. The highest BCUT2D eigenvalue weighted by Crippen LogP contribution is 2.34. The maximum Gasteiger partial charge on any atom is 0.175 e. The van der Waals surface area contributed by atoms with E-state index in [-0.39, 0.29) is 21.7 Å². The molecule has 1 unspecified atom stereocenters. The average molecular weight is 317 g/mol. The summed E-state index contributed by atoms with van der Waals surface area (Å²) >= 11 is 8.54. The van der Waals surface area contributed by atoms with E-state index in [1.165, 1.54) is 0 Å². The van der Waals surface area contributed by atoms with E-state index in [2.05, 4.69) is 21.2 Å². The van der Waals surface area contributed by atoms with Crippen LogP contribution in [0.15, 0.2) is 10.5 Å². The van der Waals surface area contributed by atoms with Crippen molar-refractivity contribution in [3.05, 3.63) is 27.2 Å².